The van der Waals surface area contributed by atoms with Crippen LogP contribution < -0.4 is 0 Å². The van der Waals surface area contributed by atoms with E-state index in [0.717, 1.165) is 12.2 Å². The standard InChI is InChI=1S/C7H10N2/c1-3-4-7-8-5-6-9(7)2/h3,5-6H,1,4H2,2H3. The van der Waals surface area contributed by atoms with Gasteiger partial charge in [-0.25, -0.2) is 4.98 Å². The number of aryl methyl sites for hydroxylation is 1. The number of hydrogen-bond acceptors (Lipinski definition) is 1. The van der Waals surface area contributed by atoms with Crippen molar-refractivity contribution >= 4 is 0 Å². The second-order valence-electron chi connectivity index (χ2n) is 1.95. The molecular weight excluding hydrogens is 112 g/mol. The molecule has 2 nitrogen and oxygen atoms in total. The molecule has 0 saturated carbocycles. The summed E-state index contributed by atoms with van der Waals surface area (Å²) in [7, 11) is 1.98. The molecule has 0 saturated heterocycles. The van der Waals surface area contributed by atoms with Gasteiger partial charge in [-0.3, -0.25) is 0 Å². The van der Waals surface area contributed by atoms with Crippen LogP contribution in [0.5, 0.6) is 0 Å². The molecule has 0 amide bonds. The molecule has 1 heterocycles. The Balaban J connectivity index is 2.80. The lowest BCUT2D eigenvalue weighted by Gasteiger charge is -1.93. The largest absolute Gasteiger partial charge is 0.338 e. The second-order valence-corrected chi connectivity index (χ2v) is 1.95. The zero-order valence-corrected chi connectivity index (χ0v) is 5.54. The van der Waals surface area contributed by atoms with Gasteiger partial charge in [0.25, 0.3) is 0 Å². The van der Waals surface area contributed by atoms with Gasteiger partial charge < -0.3 is 4.57 Å². The van der Waals surface area contributed by atoms with E-state index in [-0.39, 0.29) is 0 Å². The molecule has 0 radical (unpaired) electrons. The highest BCUT2D eigenvalue weighted by molar-refractivity contribution is 4.95. The summed E-state index contributed by atoms with van der Waals surface area (Å²) in [6.07, 6.45) is 6.42. The van der Waals surface area contributed by atoms with E-state index >= 15 is 0 Å². The van der Waals surface area contributed by atoms with Gasteiger partial charge in [-0.15, -0.1) is 6.58 Å². The molecule has 0 aliphatic carbocycles. The van der Waals surface area contributed by atoms with Gasteiger partial charge in [0.15, 0.2) is 0 Å². The van der Waals surface area contributed by atoms with Crippen LogP contribution in [0.4, 0.5) is 0 Å². The molecule has 0 aromatic carbocycles. The summed E-state index contributed by atoms with van der Waals surface area (Å²) in [5.41, 5.74) is 0. The van der Waals surface area contributed by atoms with E-state index in [2.05, 4.69) is 11.6 Å². The molecule has 1 rings (SSSR count). The maximum Gasteiger partial charge on any atom is 0.112 e. The van der Waals surface area contributed by atoms with Gasteiger partial charge in [-0.1, -0.05) is 6.08 Å². The van der Waals surface area contributed by atoms with Crippen molar-refractivity contribution in [2.24, 2.45) is 7.05 Å². The molecule has 1 aromatic heterocycles. The first-order chi connectivity index (χ1) is 4.34. The predicted molar refractivity (Wildman–Crippen MR) is 37.1 cm³/mol. The number of hydrogen-bond donors (Lipinski definition) is 0. The summed E-state index contributed by atoms with van der Waals surface area (Å²) in [6.45, 7) is 3.62. The Morgan fingerprint density at radius 3 is 3.11 bits per heavy atom. The normalized spacial score (nSPS) is 9.44. The molecule has 0 fully saturated rings. The monoisotopic (exact) mass is 122 g/mol. The first-order valence-electron chi connectivity index (χ1n) is 2.91. The lowest BCUT2D eigenvalue weighted by atomic mass is 10.4. The van der Waals surface area contributed by atoms with E-state index in [0.29, 0.717) is 0 Å². The lowest BCUT2D eigenvalue weighted by molar-refractivity contribution is 0.830. The third kappa shape index (κ3) is 1.19. The fourth-order valence-electron chi connectivity index (χ4n) is 0.722. The summed E-state index contributed by atoms with van der Waals surface area (Å²) < 4.78 is 1.99. The smallest absolute Gasteiger partial charge is 0.112 e. The minimum Gasteiger partial charge on any atom is -0.338 e. The minimum absolute atomic E-state index is 0.851. The van der Waals surface area contributed by atoms with Crippen molar-refractivity contribution in [3.05, 3.63) is 30.9 Å². The average Bonchev–Trinajstić information content (AvgIpc) is 2.18. The molecule has 0 spiro atoms. The highest BCUT2D eigenvalue weighted by Crippen LogP contribution is 1.94. The molecular formula is C7H10N2. The van der Waals surface area contributed by atoms with Crippen molar-refractivity contribution in [1.29, 1.82) is 0 Å². The maximum absolute atomic E-state index is 4.10. The topological polar surface area (TPSA) is 17.8 Å². The zero-order chi connectivity index (χ0) is 6.69. The maximum atomic E-state index is 4.10. The summed E-state index contributed by atoms with van der Waals surface area (Å²) in [5.74, 6) is 1.06. The van der Waals surface area contributed by atoms with E-state index in [9.17, 15) is 0 Å². The quantitative estimate of drug-likeness (QED) is 0.538. The first kappa shape index (κ1) is 6.08. The average molecular weight is 122 g/mol. The number of nitrogens with zero attached hydrogens (tertiary/aromatic N) is 2. The molecule has 9 heavy (non-hydrogen) atoms. The Morgan fingerprint density at radius 1 is 1.89 bits per heavy atom. The Kier molecular flexibility index (Phi) is 1.68. The van der Waals surface area contributed by atoms with Crippen LogP contribution in [0.3, 0.4) is 0 Å². The fourth-order valence-corrected chi connectivity index (χ4v) is 0.722. The Bertz CT molecular complexity index is 200. The van der Waals surface area contributed by atoms with Crippen LogP contribution in [0.15, 0.2) is 25.0 Å². The van der Waals surface area contributed by atoms with Crippen molar-refractivity contribution in [3.8, 4) is 0 Å². The van der Waals surface area contributed by atoms with Gasteiger partial charge in [0, 0.05) is 25.9 Å². The second kappa shape index (κ2) is 2.49. The van der Waals surface area contributed by atoms with Crippen molar-refractivity contribution in [3.63, 3.8) is 0 Å². The molecule has 0 N–H and O–H groups in total. The molecule has 0 unspecified atom stereocenters. The number of rotatable bonds is 2. The van der Waals surface area contributed by atoms with Crippen LogP contribution in [0, 0.1) is 0 Å². The van der Waals surface area contributed by atoms with E-state index in [1.807, 2.05) is 23.9 Å². The third-order valence-corrected chi connectivity index (χ3v) is 1.25. The van der Waals surface area contributed by atoms with E-state index < -0.39 is 0 Å². The van der Waals surface area contributed by atoms with Gasteiger partial charge >= 0.3 is 0 Å². The van der Waals surface area contributed by atoms with Crippen LogP contribution in [0.2, 0.25) is 0 Å². The fraction of sp³-hybridized carbons (Fsp3) is 0.286. The summed E-state index contributed by atoms with van der Waals surface area (Å²) >= 11 is 0. The predicted octanol–water partition coefficient (Wildman–Crippen LogP) is 1.15. The van der Waals surface area contributed by atoms with E-state index in [1.54, 1.807) is 6.20 Å². The zero-order valence-electron chi connectivity index (χ0n) is 5.54. The van der Waals surface area contributed by atoms with E-state index in [1.165, 1.54) is 0 Å². The number of aromatic nitrogens is 2. The highest BCUT2D eigenvalue weighted by Gasteiger charge is 1.92. The van der Waals surface area contributed by atoms with Crippen LogP contribution in [0.25, 0.3) is 0 Å². The van der Waals surface area contributed by atoms with Crippen molar-refractivity contribution in [1.82, 2.24) is 9.55 Å². The number of allylic oxidation sites excluding steroid dienone is 1. The Labute approximate surface area is 54.8 Å². The first-order valence-corrected chi connectivity index (χ1v) is 2.91. The minimum atomic E-state index is 0.851. The van der Waals surface area contributed by atoms with Crippen LogP contribution >= 0.6 is 0 Å². The van der Waals surface area contributed by atoms with Crippen molar-refractivity contribution < 1.29 is 0 Å². The molecule has 48 valence electrons. The lowest BCUT2D eigenvalue weighted by Crippen LogP contribution is -1.93. The molecule has 0 atom stereocenters. The molecule has 1 aromatic rings. The molecule has 0 bridgehead atoms. The van der Waals surface area contributed by atoms with Gasteiger partial charge in [0.1, 0.15) is 5.82 Å². The summed E-state index contributed by atoms with van der Waals surface area (Å²) in [5, 5.41) is 0. The van der Waals surface area contributed by atoms with Gasteiger partial charge in [0.05, 0.1) is 0 Å². The molecule has 2 heteroatoms. The number of imidazole rings is 1. The Morgan fingerprint density at radius 2 is 2.67 bits per heavy atom. The third-order valence-electron chi connectivity index (χ3n) is 1.25. The van der Waals surface area contributed by atoms with Crippen molar-refractivity contribution in [2.45, 2.75) is 6.42 Å². The van der Waals surface area contributed by atoms with E-state index in [4.69, 9.17) is 0 Å². The molecule has 0 aliphatic rings. The SMILES string of the molecule is C=CCc1nccn1C. The highest BCUT2D eigenvalue weighted by atomic mass is 15.0. The summed E-state index contributed by atoms with van der Waals surface area (Å²) in [6, 6.07) is 0. The molecule has 0 aliphatic heterocycles. The van der Waals surface area contributed by atoms with Crippen LogP contribution in [-0.4, -0.2) is 9.55 Å². The van der Waals surface area contributed by atoms with Crippen LogP contribution in [0.1, 0.15) is 5.82 Å². The van der Waals surface area contributed by atoms with Gasteiger partial charge in [-0.05, 0) is 0 Å². The van der Waals surface area contributed by atoms with Crippen molar-refractivity contribution in [2.75, 3.05) is 0 Å². The van der Waals surface area contributed by atoms with Crippen LogP contribution in [-0.2, 0) is 13.5 Å². The van der Waals surface area contributed by atoms with Gasteiger partial charge in [-0.2, -0.15) is 0 Å². The Hall–Kier alpha value is -1.05. The summed E-state index contributed by atoms with van der Waals surface area (Å²) in [4.78, 5) is 4.10. The van der Waals surface area contributed by atoms with Gasteiger partial charge in [0.2, 0.25) is 0 Å².